The van der Waals surface area contributed by atoms with Crippen molar-refractivity contribution in [1.82, 2.24) is 0 Å². The van der Waals surface area contributed by atoms with Crippen molar-refractivity contribution in [1.29, 1.82) is 0 Å². The third-order valence-electron chi connectivity index (χ3n) is 2.30. The number of carbonyl (C=O) groups is 1. The molecule has 0 atom stereocenters. The Morgan fingerprint density at radius 3 is 2.68 bits per heavy atom. The molecule has 6 heteroatoms. The molecule has 1 aromatic rings. The molecule has 0 aromatic heterocycles. The smallest absolute Gasteiger partial charge is 0.338 e. The molecule has 0 aliphatic carbocycles. The van der Waals surface area contributed by atoms with Gasteiger partial charge in [0.25, 0.3) is 0 Å². The Morgan fingerprint density at radius 2 is 2.05 bits per heavy atom. The van der Waals surface area contributed by atoms with Crippen LogP contribution in [0.1, 0.15) is 16.8 Å². The van der Waals surface area contributed by atoms with Crippen molar-refractivity contribution >= 4 is 5.97 Å². The molecule has 0 saturated heterocycles. The molecule has 0 aliphatic heterocycles. The highest BCUT2D eigenvalue weighted by atomic mass is 19.1. The fourth-order valence-corrected chi connectivity index (χ4v) is 1.35. The molecule has 0 aliphatic rings. The molecule has 0 unspecified atom stereocenters. The first-order valence-electron chi connectivity index (χ1n) is 5.87. The van der Waals surface area contributed by atoms with Crippen LogP contribution in [-0.4, -0.2) is 44.6 Å². The summed E-state index contributed by atoms with van der Waals surface area (Å²) in [5.74, 6) is -1.80. The quantitative estimate of drug-likeness (QED) is 0.696. The lowest BCUT2D eigenvalue weighted by Gasteiger charge is -2.07. The summed E-state index contributed by atoms with van der Waals surface area (Å²) in [4.78, 5) is 10.6. The van der Waals surface area contributed by atoms with E-state index in [0.29, 0.717) is 38.6 Å². The summed E-state index contributed by atoms with van der Waals surface area (Å²) in [5.41, 5.74) is -0.366. The molecule has 0 heterocycles. The monoisotopic (exact) mass is 272 g/mol. The van der Waals surface area contributed by atoms with E-state index in [-0.39, 0.29) is 5.56 Å². The Morgan fingerprint density at radius 1 is 1.26 bits per heavy atom. The van der Waals surface area contributed by atoms with Crippen LogP contribution in [0, 0.1) is 5.82 Å². The lowest BCUT2D eigenvalue weighted by Crippen LogP contribution is -2.07. The topological polar surface area (TPSA) is 65.0 Å². The third-order valence-corrected chi connectivity index (χ3v) is 2.30. The van der Waals surface area contributed by atoms with Gasteiger partial charge in [0.05, 0.1) is 25.4 Å². The molecular formula is C13H17FO5. The van der Waals surface area contributed by atoms with Crippen LogP contribution in [0.4, 0.5) is 4.39 Å². The standard InChI is InChI=1S/C13H17FO5/c1-17-7-8-18-5-2-6-19-10-3-4-11(13(15)16)12(14)9-10/h3-4,9H,2,5-8H2,1H3,(H,15,16). The van der Waals surface area contributed by atoms with Gasteiger partial charge in [-0.25, -0.2) is 9.18 Å². The van der Waals surface area contributed by atoms with Gasteiger partial charge >= 0.3 is 5.97 Å². The number of carboxylic acid groups (broad SMARTS) is 1. The van der Waals surface area contributed by atoms with Gasteiger partial charge < -0.3 is 19.3 Å². The Hall–Kier alpha value is -1.66. The number of benzene rings is 1. The molecule has 19 heavy (non-hydrogen) atoms. The first-order chi connectivity index (χ1) is 9.15. The molecule has 1 rings (SSSR count). The molecule has 0 fully saturated rings. The van der Waals surface area contributed by atoms with Gasteiger partial charge in [-0.3, -0.25) is 0 Å². The second-order valence-corrected chi connectivity index (χ2v) is 3.75. The average Bonchev–Trinajstić information content (AvgIpc) is 2.37. The predicted octanol–water partition coefficient (Wildman–Crippen LogP) is 1.96. The van der Waals surface area contributed by atoms with Crippen LogP contribution in [0.3, 0.4) is 0 Å². The minimum absolute atomic E-state index is 0.305. The molecular weight excluding hydrogens is 255 g/mol. The van der Waals surface area contributed by atoms with E-state index in [9.17, 15) is 9.18 Å². The van der Waals surface area contributed by atoms with Gasteiger partial charge in [-0.05, 0) is 12.1 Å². The Kier molecular flexibility index (Phi) is 6.84. The fourth-order valence-electron chi connectivity index (χ4n) is 1.35. The number of carboxylic acids is 1. The van der Waals surface area contributed by atoms with E-state index in [1.807, 2.05) is 0 Å². The maximum atomic E-state index is 13.3. The van der Waals surface area contributed by atoms with E-state index in [2.05, 4.69) is 0 Å². The van der Waals surface area contributed by atoms with Crippen molar-refractivity contribution in [3.8, 4) is 5.75 Å². The molecule has 1 aromatic carbocycles. The average molecular weight is 272 g/mol. The lowest BCUT2D eigenvalue weighted by molar-refractivity contribution is 0.0644. The van der Waals surface area contributed by atoms with Crippen LogP contribution < -0.4 is 4.74 Å². The van der Waals surface area contributed by atoms with E-state index in [1.165, 1.54) is 12.1 Å². The van der Waals surface area contributed by atoms with E-state index in [1.54, 1.807) is 7.11 Å². The molecule has 0 bridgehead atoms. The summed E-state index contributed by atoms with van der Waals surface area (Å²) >= 11 is 0. The van der Waals surface area contributed by atoms with Gasteiger partial charge in [0.2, 0.25) is 0 Å². The molecule has 0 saturated carbocycles. The minimum Gasteiger partial charge on any atom is -0.493 e. The summed E-state index contributed by atoms with van der Waals surface area (Å²) < 4.78 is 28.6. The van der Waals surface area contributed by atoms with Crippen molar-refractivity contribution in [2.75, 3.05) is 33.5 Å². The number of halogens is 1. The second kappa shape index (κ2) is 8.44. The maximum Gasteiger partial charge on any atom is 0.338 e. The SMILES string of the molecule is COCCOCCCOc1ccc(C(=O)O)c(F)c1. The van der Waals surface area contributed by atoms with Crippen LogP contribution in [0.2, 0.25) is 0 Å². The molecule has 0 spiro atoms. The number of methoxy groups -OCH3 is 1. The first kappa shape index (κ1) is 15.4. The van der Waals surface area contributed by atoms with Gasteiger partial charge in [0, 0.05) is 26.2 Å². The van der Waals surface area contributed by atoms with E-state index in [0.717, 1.165) is 6.07 Å². The Balaban J connectivity index is 2.26. The van der Waals surface area contributed by atoms with Crippen molar-refractivity contribution in [2.24, 2.45) is 0 Å². The number of ether oxygens (including phenoxy) is 3. The van der Waals surface area contributed by atoms with Crippen LogP contribution in [-0.2, 0) is 9.47 Å². The Bertz CT molecular complexity index is 408. The zero-order valence-electron chi connectivity index (χ0n) is 10.7. The van der Waals surface area contributed by atoms with Crippen molar-refractivity contribution in [2.45, 2.75) is 6.42 Å². The first-order valence-corrected chi connectivity index (χ1v) is 5.87. The van der Waals surface area contributed by atoms with Crippen molar-refractivity contribution in [3.63, 3.8) is 0 Å². The largest absolute Gasteiger partial charge is 0.493 e. The number of hydrogen-bond acceptors (Lipinski definition) is 4. The molecule has 5 nitrogen and oxygen atoms in total. The van der Waals surface area contributed by atoms with Crippen LogP contribution in [0.15, 0.2) is 18.2 Å². The van der Waals surface area contributed by atoms with E-state index < -0.39 is 11.8 Å². The van der Waals surface area contributed by atoms with Crippen LogP contribution >= 0.6 is 0 Å². The highest BCUT2D eigenvalue weighted by Crippen LogP contribution is 2.16. The second-order valence-electron chi connectivity index (χ2n) is 3.75. The van der Waals surface area contributed by atoms with Crippen LogP contribution in [0.5, 0.6) is 5.75 Å². The fraction of sp³-hybridized carbons (Fsp3) is 0.462. The molecule has 1 N–H and O–H groups in total. The third kappa shape index (κ3) is 5.67. The zero-order valence-corrected chi connectivity index (χ0v) is 10.7. The highest BCUT2D eigenvalue weighted by molar-refractivity contribution is 5.88. The molecule has 0 radical (unpaired) electrons. The minimum atomic E-state index is -1.30. The summed E-state index contributed by atoms with van der Waals surface area (Å²) in [5, 5.41) is 8.67. The summed E-state index contributed by atoms with van der Waals surface area (Å²) in [7, 11) is 1.60. The number of rotatable bonds is 9. The van der Waals surface area contributed by atoms with Gasteiger partial charge in [0.1, 0.15) is 11.6 Å². The molecule has 0 amide bonds. The van der Waals surface area contributed by atoms with Gasteiger partial charge in [-0.2, -0.15) is 0 Å². The highest BCUT2D eigenvalue weighted by Gasteiger charge is 2.10. The zero-order chi connectivity index (χ0) is 14.1. The maximum absolute atomic E-state index is 13.3. The number of aromatic carboxylic acids is 1. The van der Waals surface area contributed by atoms with Gasteiger partial charge in [-0.1, -0.05) is 0 Å². The van der Waals surface area contributed by atoms with Gasteiger partial charge in [0.15, 0.2) is 0 Å². The summed E-state index contributed by atoms with van der Waals surface area (Å²) in [6, 6.07) is 3.68. The predicted molar refractivity (Wildman–Crippen MR) is 66.2 cm³/mol. The number of hydrogen-bond donors (Lipinski definition) is 1. The normalized spacial score (nSPS) is 10.4. The summed E-state index contributed by atoms with van der Waals surface area (Å²) in [6.07, 6.45) is 0.659. The van der Waals surface area contributed by atoms with Crippen molar-refractivity contribution < 1.29 is 28.5 Å². The van der Waals surface area contributed by atoms with E-state index in [4.69, 9.17) is 19.3 Å². The molecule has 106 valence electrons. The van der Waals surface area contributed by atoms with Crippen molar-refractivity contribution in [3.05, 3.63) is 29.6 Å². The van der Waals surface area contributed by atoms with E-state index >= 15 is 0 Å². The lowest BCUT2D eigenvalue weighted by atomic mass is 10.2. The van der Waals surface area contributed by atoms with Gasteiger partial charge in [-0.15, -0.1) is 0 Å². The Labute approximate surface area is 110 Å². The summed E-state index contributed by atoms with van der Waals surface area (Å²) in [6.45, 7) is 1.97. The van der Waals surface area contributed by atoms with Crippen LogP contribution in [0.25, 0.3) is 0 Å².